The molecule has 0 aliphatic carbocycles. The normalized spacial score (nSPS) is 13.2. The third kappa shape index (κ3) is 3.31. The predicted molar refractivity (Wildman–Crippen MR) is 72.6 cm³/mol. The first kappa shape index (κ1) is 13.5. The second-order valence-corrected chi connectivity index (χ2v) is 6.43. The molecule has 0 aliphatic rings. The summed E-state index contributed by atoms with van der Waals surface area (Å²) in [7, 11) is -1.39. The second kappa shape index (κ2) is 5.00. The van der Waals surface area contributed by atoms with Crippen molar-refractivity contribution >= 4 is 15.5 Å². The minimum Gasteiger partial charge on any atom is -0.377 e. The highest BCUT2D eigenvalue weighted by atomic mass is 32.2. The van der Waals surface area contributed by atoms with E-state index in [2.05, 4.69) is 15.4 Å². The van der Waals surface area contributed by atoms with Gasteiger partial charge in [-0.05, 0) is 19.1 Å². The molecular formula is C12H16N4O2S. The van der Waals surface area contributed by atoms with Crippen molar-refractivity contribution in [1.82, 2.24) is 14.8 Å². The van der Waals surface area contributed by atoms with Crippen LogP contribution >= 0.6 is 0 Å². The van der Waals surface area contributed by atoms with Crippen LogP contribution in [-0.2, 0) is 16.9 Å². The van der Waals surface area contributed by atoms with Crippen LogP contribution in [0.3, 0.4) is 0 Å². The summed E-state index contributed by atoms with van der Waals surface area (Å²) < 4.78 is 24.3. The highest BCUT2D eigenvalue weighted by molar-refractivity contribution is 7.90. The van der Waals surface area contributed by atoms with Crippen molar-refractivity contribution in [2.45, 2.75) is 18.0 Å². The number of nitrogens with one attached hydrogen (secondary N) is 1. The fraction of sp³-hybridized carbons (Fsp3) is 0.333. The van der Waals surface area contributed by atoms with E-state index in [1.165, 1.54) is 12.3 Å². The van der Waals surface area contributed by atoms with E-state index in [4.69, 9.17) is 0 Å². The summed E-state index contributed by atoms with van der Waals surface area (Å²) in [6.07, 6.45) is 6.37. The quantitative estimate of drug-likeness (QED) is 0.916. The number of rotatable bonds is 4. The number of anilines is 1. The number of sulfone groups is 1. The van der Waals surface area contributed by atoms with Gasteiger partial charge in [0.15, 0.2) is 14.9 Å². The minimum absolute atomic E-state index is 0.0691. The SMILES string of the molecule is CC(Nc1ccc(S(C)(=O)=O)nc1)c1cnn(C)c1. The lowest BCUT2D eigenvalue weighted by molar-refractivity contribution is 0.598. The number of nitrogens with zero attached hydrogens (tertiary/aromatic N) is 3. The fourth-order valence-corrected chi connectivity index (χ4v) is 2.24. The smallest absolute Gasteiger partial charge is 0.192 e. The Balaban J connectivity index is 2.12. The minimum atomic E-state index is -3.25. The molecule has 2 aromatic rings. The standard InChI is InChI=1S/C12H16N4O2S/c1-9(10-6-14-16(2)8-10)15-11-4-5-12(13-7-11)19(3,17)18/h4-9,15H,1-3H3. The van der Waals surface area contributed by atoms with E-state index < -0.39 is 9.84 Å². The third-order valence-electron chi connectivity index (χ3n) is 2.72. The largest absolute Gasteiger partial charge is 0.377 e. The highest BCUT2D eigenvalue weighted by Gasteiger charge is 2.10. The molecule has 1 N–H and O–H groups in total. The van der Waals surface area contributed by atoms with E-state index in [1.54, 1.807) is 16.9 Å². The summed E-state index contributed by atoms with van der Waals surface area (Å²) in [4.78, 5) is 3.93. The Morgan fingerprint density at radius 2 is 2.05 bits per heavy atom. The number of hydrogen-bond donors (Lipinski definition) is 1. The molecule has 0 saturated carbocycles. The number of pyridine rings is 1. The van der Waals surface area contributed by atoms with Crippen LogP contribution in [0.4, 0.5) is 5.69 Å². The van der Waals surface area contributed by atoms with Crippen LogP contribution in [0.15, 0.2) is 35.7 Å². The molecule has 0 saturated heterocycles. The molecule has 0 aliphatic heterocycles. The Hall–Kier alpha value is -1.89. The number of aryl methyl sites for hydroxylation is 1. The fourth-order valence-electron chi connectivity index (χ4n) is 1.68. The Morgan fingerprint density at radius 1 is 1.32 bits per heavy atom. The maximum atomic E-state index is 11.3. The molecule has 0 aromatic carbocycles. The van der Waals surface area contributed by atoms with Gasteiger partial charge in [0, 0.05) is 25.1 Å². The lowest BCUT2D eigenvalue weighted by Crippen LogP contribution is -2.07. The monoisotopic (exact) mass is 280 g/mol. The van der Waals surface area contributed by atoms with Crippen LogP contribution < -0.4 is 5.32 Å². The lowest BCUT2D eigenvalue weighted by atomic mass is 10.2. The molecule has 0 fully saturated rings. The summed E-state index contributed by atoms with van der Waals surface area (Å²) in [6, 6.07) is 3.27. The van der Waals surface area contributed by atoms with E-state index in [1.807, 2.05) is 20.2 Å². The summed E-state index contributed by atoms with van der Waals surface area (Å²) in [6.45, 7) is 2.00. The molecule has 2 rings (SSSR count). The molecule has 2 heterocycles. The van der Waals surface area contributed by atoms with Crippen LogP contribution in [0.25, 0.3) is 0 Å². The molecule has 1 atom stereocenters. The average Bonchev–Trinajstić information content (AvgIpc) is 2.75. The van der Waals surface area contributed by atoms with Crippen molar-refractivity contribution in [1.29, 1.82) is 0 Å². The van der Waals surface area contributed by atoms with Gasteiger partial charge in [-0.1, -0.05) is 0 Å². The Labute approximate surface area is 112 Å². The van der Waals surface area contributed by atoms with Crippen LogP contribution in [0, 0.1) is 0 Å². The van der Waals surface area contributed by atoms with Crippen LogP contribution in [0.1, 0.15) is 18.5 Å². The summed E-state index contributed by atoms with van der Waals surface area (Å²) in [5.41, 5.74) is 1.82. The Morgan fingerprint density at radius 3 is 2.53 bits per heavy atom. The first-order valence-corrected chi connectivity index (χ1v) is 7.66. The molecule has 102 valence electrons. The van der Waals surface area contributed by atoms with Gasteiger partial charge in [-0.3, -0.25) is 4.68 Å². The van der Waals surface area contributed by atoms with Gasteiger partial charge < -0.3 is 5.32 Å². The van der Waals surface area contributed by atoms with Gasteiger partial charge in [-0.15, -0.1) is 0 Å². The Bertz CT molecular complexity index is 661. The van der Waals surface area contributed by atoms with Gasteiger partial charge in [-0.25, -0.2) is 13.4 Å². The first-order chi connectivity index (χ1) is 8.86. The zero-order valence-electron chi connectivity index (χ0n) is 11.0. The van der Waals surface area contributed by atoms with Crippen molar-refractivity contribution in [3.8, 4) is 0 Å². The Kier molecular flexibility index (Phi) is 3.57. The topological polar surface area (TPSA) is 76.9 Å². The highest BCUT2D eigenvalue weighted by Crippen LogP contribution is 2.18. The van der Waals surface area contributed by atoms with E-state index in [9.17, 15) is 8.42 Å². The van der Waals surface area contributed by atoms with Gasteiger partial charge in [0.2, 0.25) is 0 Å². The summed E-state index contributed by atoms with van der Waals surface area (Å²) in [5, 5.41) is 7.42. The van der Waals surface area contributed by atoms with E-state index >= 15 is 0 Å². The molecular weight excluding hydrogens is 264 g/mol. The molecule has 0 spiro atoms. The van der Waals surface area contributed by atoms with Gasteiger partial charge in [-0.2, -0.15) is 5.10 Å². The van der Waals surface area contributed by atoms with Crippen molar-refractivity contribution < 1.29 is 8.42 Å². The van der Waals surface area contributed by atoms with Crippen LogP contribution in [0.2, 0.25) is 0 Å². The molecule has 19 heavy (non-hydrogen) atoms. The third-order valence-corrected chi connectivity index (χ3v) is 3.73. The number of aromatic nitrogens is 3. The summed E-state index contributed by atoms with van der Waals surface area (Å²) in [5.74, 6) is 0. The molecule has 0 amide bonds. The molecule has 1 unspecified atom stereocenters. The van der Waals surface area contributed by atoms with Crippen molar-refractivity contribution in [3.63, 3.8) is 0 Å². The molecule has 0 bridgehead atoms. The summed E-state index contributed by atoms with van der Waals surface area (Å²) >= 11 is 0. The van der Waals surface area contributed by atoms with E-state index in [-0.39, 0.29) is 11.1 Å². The van der Waals surface area contributed by atoms with Crippen LogP contribution in [0.5, 0.6) is 0 Å². The predicted octanol–water partition coefficient (Wildman–Crippen LogP) is 1.39. The second-order valence-electron chi connectivity index (χ2n) is 4.47. The van der Waals surface area contributed by atoms with Gasteiger partial charge >= 0.3 is 0 Å². The lowest BCUT2D eigenvalue weighted by Gasteiger charge is -2.13. The molecule has 6 nitrogen and oxygen atoms in total. The zero-order chi connectivity index (χ0) is 14.0. The average molecular weight is 280 g/mol. The molecule has 0 radical (unpaired) electrons. The van der Waals surface area contributed by atoms with Gasteiger partial charge in [0.1, 0.15) is 0 Å². The zero-order valence-corrected chi connectivity index (χ0v) is 11.8. The van der Waals surface area contributed by atoms with Gasteiger partial charge in [0.05, 0.1) is 24.1 Å². The molecule has 2 aromatic heterocycles. The van der Waals surface area contributed by atoms with Crippen molar-refractivity contribution in [3.05, 3.63) is 36.3 Å². The maximum Gasteiger partial charge on any atom is 0.192 e. The van der Waals surface area contributed by atoms with Crippen LogP contribution in [-0.4, -0.2) is 29.4 Å². The molecule has 7 heteroatoms. The van der Waals surface area contributed by atoms with Crippen molar-refractivity contribution in [2.24, 2.45) is 7.05 Å². The van der Waals surface area contributed by atoms with E-state index in [0.29, 0.717) is 0 Å². The number of hydrogen-bond acceptors (Lipinski definition) is 5. The van der Waals surface area contributed by atoms with Crippen molar-refractivity contribution in [2.75, 3.05) is 11.6 Å². The first-order valence-electron chi connectivity index (χ1n) is 5.77. The van der Waals surface area contributed by atoms with Gasteiger partial charge in [0.25, 0.3) is 0 Å². The maximum absolute atomic E-state index is 11.3. The van der Waals surface area contributed by atoms with E-state index in [0.717, 1.165) is 17.5 Å².